The second kappa shape index (κ2) is 7.97. The average Bonchev–Trinajstić information content (AvgIpc) is 3.13. The molecule has 0 saturated carbocycles. The number of aliphatic imine (C=N–C) groups is 1. The molecule has 3 N–H and O–H groups in total. The molecule has 1 saturated heterocycles. The topological polar surface area (TPSA) is 90.1 Å². The quantitative estimate of drug-likeness (QED) is 0.661. The zero-order chi connectivity index (χ0) is 18.8. The molecule has 0 bridgehead atoms. The summed E-state index contributed by atoms with van der Waals surface area (Å²) in [5, 5.41) is 17.2. The summed E-state index contributed by atoms with van der Waals surface area (Å²) in [6, 6.07) is 0.414. The number of allylic oxidation sites excluding steroid dienone is 1. The van der Waals surface area contributed by atoms with Gasteiger partial charge < -0.3 is 15.3 Å². The molecule has 0 amide bonds. The van der Waals surface area contributed by atoms with E-state index in [4.69, 9.17) is 0 Å². The third-order valence-electron chi connectivity index (χ3n) is 5.04. The number of hydrogen-bond donors (Lipinski definition) is 3. The van der Waals surface area contributed by atoms with Gasteiger partial charge in [0.25, 0.3) is 0 Å². The summed E-state index contributed by atoms with van der Waals surface area (Å²) in [4.78, 5) is 15.5. The minimum absolute atomic E-state index is 0.112. The fourth-order valence-electron chi connectivity index (χ4n) is 3.51. The van der Waals surface area contributed by atoms with E-state index in [1.807, 2.05) is 42.4 Å². The van der Waals surface area contributed by atoms with Gasteiger partial charge in [-0.25, -0.2) is 4.98 Å². The highest BCUT2D eigenvalue weighted by molar-refractivity contribution is 7.98. The number of imidazole rings is 1. The lowest BCUT2D eigenvalue weighted by Gasteiger charge is -2.35. The Labute approximate surface area is 162 Å². The molecule has 4 rings (SSSR count). The molecular formula is C18H25N7OS. The average molecular weight is 388 g/mol. The molecule has 1 fully saturated rings. The van der Waals surface area contributed by atoms with Gasteiger partial charge in [0.2, 0.25) is 0 Å². The lowest BCUT2D eigenvalue weighted by Crippen LogP contribution is -2.52. The first kappa shape index (κ1) is 18.4. The highest BCUT2D eigenvalue weighted by Crippen LogP contribution is 2.26. The first-order chi connectivity index (χ1) is 13.2. The van der Waals surface area contributed by atoms with Gasteiger partial charge in [0.15, 0.2) is 11.9 Å². The van der Waals surface area contributed by atoms with Crippen molar-refractivity contribution in [1.82, 2.24) is 29.9 Å². The normalized spacial score (nSPS) is 24.3. The van der Waals surface area contributed by atoms with E-state index in [1.54, 1.807) is 6.20 Å². The van der Waals surface area contributed by atoms with Crippen LogP contribution in [0.3, 0.4) is 0 Å². The van der Waals surface area contributed by atoms with Crippen LogP contribution in [0, 0.1) is 0 Å². The second-order valence-electron chi connectivity index (χ2n) is 6.82. The monoisotopic (exact) mass is 387 g/mol. The van der Waals surface area contributed by atoms with Gasteiger partial charge in [-0.15, -0.1) is 11.8 Å². The Morgan fingerprint density at radius 2 is 2.26 bits per heavy atom. The Hall–Kier alpha value is -1.94. The zero-order valence-electron chi connectivity index (χ0n) is 15.5. The summed E-state index contributed by atoms with van der Waals surface area (Å²) >= 11 is 1.35. The minimum Gasteiger partial charge on any atom is -0.376 e. The molecular weight excluding hydrogens is 362 g/mol. The summed E-state index contributed by atoms with van der Waals surface area (Å²) in [6.45, 7) is 2.06. The number of nitrogens with zero attached hydrogens (tertiary/aromatic N) is 5. The molecule has 27 heavy (non-hydrogen) atoms. The Bertz CT molecular complexity index is 859. The van der Waals surface area contributed by atoms with Gasteiger partial charge in [-0.05, 0) is 31.7 Å². The van der Waals surface area contributed by atoms with Gasteiger partial charge in [0.05, 0.1) is 29.5 Å². The summed E-state index contributed by atoms with van der Waals surface area (Å²) in [7, 11) is 2.04. The first-order valence-electron chi connectivity index (χ1n) is 9.14. The van der Waals surface area contributed by atoms with Gasteiger partial charge in [0, 0.05) is 32.0 Å². The predicted octanol–water partition coefficient (Wildman–Crippen LogP) is 1.07. The molecule has 0 aromatic carbocycles. The van der Waals surface area contributed by atoms with E-state index in [-0.39, 0.29) is 6.29 Å². The van der Waals surface area contributed by atoms with E-state index in [9.17, 15) is 5.11 Å². The summed E-state index contributed by atoms with van der Waals surface area (Å²) in [5.74, 6) is 0. The molecule has 2 aromatic rings. The number of aliphatic hydroxyl groups excluding tert-OH is 1. The van der Waals surface area contributed by atoms with E-state index < -0.39 is 5.44 Å². The van der Waals surface area contributed by atoms with Crippen molar-refractivity contribution in [2.75, 3.05) is 26.4 Å². The zero-order valence-corrected chi connectivity index (χ0v) is 16.4. The summed E-state index contributed by atoms with van der Waals surface area (Å²) in [5.41, 5.74) is 2.68. The van der Waals surface area contributed by atoms with Gasteiger partial charge in [-0.2, -0.15) is 0 Å². The maximum Gasteiger partial charge on any atom is 0.176 e. The SMILES string of the molecule is CSC(O)c1cn2c(C3=CC=NC(NC4CCCNC4)N3C)cnc2cn1. The van der Waals surface area contributed by atoms with E-state index >= 15 is 0 Å². The van der Waals surface area contributed by atoms with E-state index in [0.29, 0.717) is 11.7 Å². The van der Waals surface area contributed by atoms with Gasteiger partial charge in [-0.3, -0.25) is 19.7 Å². The number of fused-ring (bicyclic) bond motifs is 1. The Kier molecular flexibility index (Phi) is 5.44. The number of aliphatic hydroxyl groups is 1. The van der Waals surface area contributed by atoms with Crippen molar-refractivity contribution in [2.45, 2.75) is 30.6 Å². The molecule has 4 heterocycles. The minimum atomic E-state index is -0.655. The number of thioether (sulfide) groups is 1. The van der Waals surface area contributed by atoms with Crippen molar-refractivity contribution in [3.8, 4) is 0 Å². The van der Waals surface area contributed by atoms with E-state index in [1.165, 1.54) is 18.2 Å². The summed E-state index contributed by atoms with van der Waals surface area (Å²) in [6.07, 6.45) is 13.3. The van der Waals surface area contributed by atoms with Gasteiger partial charge >= 0.3 is 0 Å². The smallest absolute Gasteiger partial charge is 0.176 e. The fraction of sp³-hybridized carbons (Fsp3) is 0.500. The lowest BCUT2D eigenvalue weighted by molar-refractivity contribution is 0.246. The van der Waals surface area contributed by atoms with Crippen LogP contribution in [0.4, 0.5) is 0 Å². The molecule has 9 heteroatoms. The van der Waals surface area contributed by atoms with Crippen LogP contribution in [0.5, 0.6) is 0 Å². The molecule has 0 radical (unpaired) electrons. The van der Waals surface area contributed by atoms with Gasteiger partial charge in [-0.1, -0.05) is 0 Å². The second-order valence-corrected chi connectivity index (χ2v) is 7.73. The van der Waals surface area contributed by atoms with Crippen LogP contribution in [0.25, 0.3) is 11.3 Å². The highest BCUT2D eigenvalue weighted by atomic mass is 32.2. The van der Waals surface area contributed by atoms with Gasteiger partial charge in [0.1, 0.15) is 5.44 Å². The van der Waals surface area contributed by atoms with Crippen molar-refractivity contribution in [3.05, 3.63) is 36.1 Å². The molecule has 2 aliphatic rings. The van der Waals surface area contributed by atoms with Crippen molar-refractivity contribution in [3.63, 3.8) is 0 Å². The number of hydrogen-bond acceptors (Lipinski definition) is 8. The molecule has 0 aliphatic carbocycles. The number of rotatable bonds is 5. The first-order valence-corrected chi connectivity index (χ1v) is 10.4. The predicted molar refractivity (Wildman–Crippen MR) is 109 cm³/mol. The third kappa shape index (κ3) is 3.73. The van der Waals surface area contributed by atoms with E-state index in [2.05, 4.69) is 30.5 Å². The molecule has 2 aromatic heterocycles. The van der Waals surface area contributed by atoms with Crippen LogP contribution < -0.4 is 10.6 Å². The Morgan fingerprint density at radius 1 is 1.37 bits per heavy atom. The molecule has 0 spiro atoms. The molecule has 2 aliphatic heterocycles. The standard InChI is InChI=1S/C18H25N7OS/c1-24-14(5-7-20-18(24)23-12-4-3-6-19-8-12)15-9-22-16-10-21-13(11-25(15)16)17(26)27-2/h5,7,9-12,17-19,23,26H,3-4,6,8H2,1-2H3. The van der Waals surface area contributed by atoms with Crippen LogP contribution in [-0.4, -0.2) is 69.3 Å². The van der Waals surface area contributed by atoms with Crippen LogP contribution >= 0.6 is 11.8 Å². The molecule has 3 unspecified atom stereocenters. The third-order valence-corrected chi connectivity index (χ3v) is 5.73. The molecule has 144 valence electrons. The number of nitrogens with one attached hydrogen (secondary N) is 2. The lowest BCUT2D eigenvalue weighted by atomic mass is 10.1. The molecule has 8 nitrogen and oxygen atoms in total. The molecule has 3 atom stereocenters. The van der Waals surface area contributed by atoms with Crippen molar-refractivity contribution in [1.29, 1.82) is 0 Å². The fourth-order valence-corrected chi connectivity index (χ4v) is 3.88. The van der Waals surface area contributed by atoms with Crippen molar-refractivity contribution in [2.24, 2.45) is 4.99 Å². The van der Waals surface area contributed by atoms with E-state index in [0.717, 1.165) is 36.5 Å². The maximum atomic E-state index is 10.1. The Morgan fingerprint density at radius 3 is 3.04 bits per heavy atom. The number of piperidine rings is 1. The Balaban J connectivity index is 1.60. The van der Waals surface area contributed by atoms with Crippen LogP contribution in [0.15, 0.2) is 29.7 Å². The maximum absolute atomic E-state index is 10.1. The van der Waals surface area contributed by atoms with Crippen LogP contribution in [-0.2, 0) is 0 Å². The van der Waals surface area contributed by atoms with Crippen molar-refractivity contribution < 1.29 is 5.11 Å². The highest BCUT2D eigenvalue weighted by Gasteiger charge is 2.25. The van der Waals surface area contributed by atoms with Crippen LogP contribution in [0.1, 0.15) is 29.7 Å². The van der Waals surface area contributed by atoms with Crippen LogP contribution in [0.2, 0.25) is 0 Å². The number of aromatic nitrogens is 3. The summed E-state index contributed by atoms with van der Waals surface area (Å²) < 4.78 is 1.97. The largest absolute Gasteiger partial charge is 0.376 e. The van der Waals surface area contributed by atoms with Crippen molar-refractivity contribution >= 4 is 29.3 Å².